The van der Waals surface area contributed by atoms with E-state index in [0.717, 1.165) is 12.1 Å². The van der Waals surface area contributed by atoms with Gasteiger partial charge in [-0.3, -0.25) is 4.79 Å². The van der Waals surface area contributed by atoms with E-state index in [0.29, 0.717) is 5.56 Å². The fraction of sp³-hybridized carbons (Fsp3) is 0.333. The fourth-order valence-corrected chi connectivity index (χ4v) is 1.47. The third kappa shape index (κ3) is 3.18. The number of benzene rings is 1. The molecule has 1 aromatic carbocycles. The molecule has 0 fully saturated rings. The summed E-state index contributed by atoms with van der Waals surface area (Å²) in [6, 6.07) is 4.04. The van der Waals surface area contributed by atoms with E-state index in [4.69, 9.17) is 14.7 Å². The van der Waals surface area contributed by atoms with Gasteiger partial charge in [0.05, 0.1) is 25.7 Å². The molecule has 17 heavy (non-hydrogen) atoms. The number of ether oxygens (including phenoxy) is 2. The molecule has 90 valence electrons. The van der Waals surface area contributed by atoms with Crippen molar-refractivity contribution in [3.63, 3.8) is 0 Å². The highest BCUT2D eigenvalue weighted by molar-refractivity contribution is 5.74. The second kappa shape index (κ2) is 5.85. The second-order valence-electron chi connectivity index (χ2n) is 3.24. The Morgan fingerprint density at radius 1 is 1.53 bits per heavy atom. The van der Waals surface area contributed by atoms with Crippen LogP contribution in [0.5, 0.6) is 5.75 Å². The predicted octanol–water partition coefficient (Wildman–Crippen LogP) is 1.81. The van der Waals surface area contributed by atoms with Gasteiger partial charge in [-0.2, -0.15) is 5.26 Å². The molecule has 0 unspecified atom stereocenters. The number of hydrogen-bond donors (Lipinski definition) is 0. The van der Waals surface area contributed by atoms with Gasteiger partial charge in [0.2, 0.25) is 0 Å². The molecule has 0 saturated heterocycles. The molecule has 0 radical (unpaired) electrons. The molecule has 0 aliphatic rings. The number of nitrogens with zero attached hydrogens (tertiary/aromatic N) is 1. The lowest BCUT2D eigenvalue weighted by molar-refractivity contribution is -0.142. The molecule has 5 heteroatoms. The maximum Gasteiger partial charge on any atom is 0.310 e. The van der Waals surface area contributed by atoms with E-state index < -0.39 is 11.8 Å². The van der Waals surface area contributed by atoms with Crippen molar-refractivity contribution < 1.29 is 18.7 Å². The maximum atomic E-state index is 13.2. The molecule has 0 saturated carbocycles. The smallest absolute Gasteiger partial charge is 0.310 e. The molecular weight excluding hydrogens is 225 g/mol. The molecule has 0 aliphatic carbocycles. The summed E-state index contributed by atoms with van der Waals surface area (Å²) in [5.41, 5.74) is 0.370. The minimum absolute atomic E-state index is 0.0619. The number of hydrogen-bond acceptors (Lipinski definition) is 4. The molecular formula is C12H12FNO3. The SMILES string of the molecule is CCOC(=O)Cc1cc(F)cc(C#N)c1OC. The van der Waals surface area contributed by atoms with Crippen molar-refractivity contribution in [3.05, 3.63) is 29.1 Å². The van der Waals surface area contributed by atoms with Crippen LogP contribution in [0.3, 0.4) is 0 Å². The van der Waals surface area contributed by atoms with E-state index in [-0.39, 0.29) is 24.3 Å². The summed E-state index contributed by atoms with van der Waals surface area (Å²) in [6.45, 7) is 1.93. The zero-order valence-electron chi connectivity index (χ0n) is 9.62. The van der Waals surface area contributed by atoms with Gasteiger partial charge in [0.15, 0.2) is 0 Å². The standard InChI is InChI=1S/C12H12FNO3/c1-3-17-11(15)6-8-4-10(13)5-9(7-14)12(8)16-2/h4-5H,3,6H2,1-2H3. The number of esters is 1. The summed E-state index contributed by atoms with van der Waals surface area (Å²) in [6.07, 6.45) is -0.122. The number of carbonyl (C=O) groups is 1. The molecule has 0 spiro atoms. The minimum Gasteiger partial charge on any atom is -0.495 e. The third-order valence-electron chi connectivity index (χ3n) is 2.10. The Kier molecular flexibility index (Phi) is 4.46. The first-order valence-electron chi connectivity index (χ1n) is 5.04. The summed E-state index contributed by atoms with van der Waals surface area (Å²) < 4.78 is 23.0. The summed E-state index contributed by atoms with van der Waals surface area (Å²) in [7, 11) is 1.36. The van der Waals surface area contributed by atoms with Crippen LogP contribution in [0.25, 0.3) is 0 Å². The highest BCUT2D eigenvalue weighted by Gasteiger charge is 2.15. The predicted molar refractivity (Wildman–Crippen MR) is 58.0 cm³/mol. The van der Waals surface area contributed by atoms with Crippen molar-refractivity contribution in [1.82, 2.24) is 0 Å². The first-order valence-corrected chi connectivity index (χ1v) is 5.04. The van der Waals surface area contributed by atoms with Crippen molar-refractivity contribution in [2.75, 3.05) is 13.7 Å². The van der Waals surface area contributed by atoms with Crippen molar-refractivity contribution in [2.24, 2.45) is 0 Å². The Labute approximate surface area is 98.6 Å². The van der Waals surface area contributed by atoms with Crippen LogP contribution < -0.4 is 4.74 Å². The van der Waals surface area contributed by atoms with Crippen LogP contribution in [-0.2, 0) is 16.0 Å². The van der Waals surface area contributed by atoms with E-state index in [1.54, 1.807) is 6.92 Å². The van der Waals surface area contributed by atoms with Crippen molar-refractivity contribution >= 4 is 5.97 Å². The number of rotatable bonds is 4. The van der Waals surface area contributed by atoms with Crippen LogP contribution in [0.2, 0.25) is 0 Å². The van der Waals surface area contributed by atoms with E-state index in [9.17, 15) is 9.18 Å². The van der Waals surface area contributed by atoms with Crippen LogP contribution >= 0.6 is 0 Å². The summed E-state index contributed by atoms with van der Waals surface area (Å²) in [5, 5.41) is 8.82. The normalized spacial score (nSPS) is 9.53. The van der Waals surface area contributed by atoms with Gasteiger partial charge in [-0.05, 0) is 19.1 Å². The quantitative estimate of drug-likeness (QED) is 0.749. The monoisotopic (exact) mass is 237 g/mol. The van der Waals surface area contributed by atoms with Crippen LogP contribution in [0.1, 0.15) is 18.1 Å². The second-order valence-corrected chi connectivity index (χ2v) is 3.24. The molecule has 0 amide bonds. The van der Waals surface area contributed by atoms with Gasteiger partial charge in [0.25, 0.3) is 0 Å². The summed E-state index contributed by atoms with van der Waals surface area (Å²) in [4.78, 5) is 11.3. The Morgan fingerprint density at radius 2 is 2.24 bits per heavy atom. The third-order valence-corrected chi connectivity index (χ3v) is 2.10. The maximum absolute atomic E-state index is 13.2. The van der Waals surface area contributed by atoms with Crippen molar-refractivity contribution in [2.45, 2.75) is 13.3 Å². The molecule has 0 aliphatic heterocycles. The lowest BCUT2D eigenvalue weighted by Gasteiger charge is -2.09. The zero-order chi connectivity index (χ0) is 12.8. The molecule has 0 heterocycles. The Morgan fingerprint density at radius 3 is 2.76 bits per heavy atom. The lowest BCUT2D eigenvalue weighted by atomic mass is 10.1. The molecule has 1 rings (SSSR count). The van der Waals surface area contributed by atoms with Crippen LogP contribution in [0, 0.1) is 17.1 Å². The van der Waals surface area contributed by atoms with Crippen LogP contribution in [0.4, 0.5) is 4.39 Å². The zero-order valence-corrected chi connectivity index (χ0v) is 9.62. The van der Waals surface area contributed by atoms with Gasteiger partial charge in [-0.25, -0.2) is 4.39 Å². The molecule has 0 atom stereocenters. The van der Waals surface area contributed by atoms with E-state index in [1.165, 1.54) is 7.11 Å². The Hall–Kier alpha value is -2.09. The lowest BCUT2D eigenvalue weighted by Crippen LogP contribution is -2.09. The van der Waals surface area contributed by atoms with Crippen molar-refractivity contribution in [1.29, 1.82) is 5.26 Å². The van der Waals surface area contributed by atoms with Crippen LogP contribution in [0.15, 0.2) is 12.1 Å². The Balaban J connectivity index is 3.10. The van der Waals surface area contributed by atoms with Gasteiger partial charge in [0, 0.05) is 5.56 Å². The number of carbonyl (C=O) groups excluding carboxylic acids is 1. The van der Waals surface area contributed by atoms with Crippen LogP contribution in [-0.4, -0.2) is 19.7 Å². The topological polar surface area (TPSA) is 59.3 Å². The Bertz CT molecular complexity index is 466. The largest absolute Gasteiger partial charge is 0.495 e. The van der Waals surface area contributed by atoms with E-state index in [2.05, 4.69) is 0 Å². The first-order chi connectivity index (χ1) is 8.12. The van der Waals surface area contributed by atoms with E-state index >= 15 is 0 Å². The number of halogens is 1. The summed E-state index contributed by atoms with van der Waals surface area (Å²) >= 11 is 0. The summed E-state index contributed by atoms with van der Waals surface area (Å²) in [5.74, 6) is -0.858. The average molecular weight is 237 g/mol. The average Bonchev–Trinajstić information content (AvgIpc) is 2.28. The van der Waals surface area contributed by atoms with Gasteiger partial charge in [0.1, 0.15) is 17.6 Å². The molecule has 1 aromatic rings. The van der Waals surface area contributed by atoms with E-state index in [1.807, 2.05) is 6.07 Å². The number of nitriles is 1. The first kappa shape index (κ1) is 13.0. The highest BCUT2D eigenvalue weighted by atomic mass is 19.1. The molecule has 4 nitrogen and oxygen atoms in total. The number of methoxy groups -OCH3 is 1. The molecule has 0 N–H and O–H groups in total. The van der Waals surface area contributed by atoms with Gasteiger partial charge < -0.3 is 9.47 Å². The fourth-order valence-electron chi connectivity index (χ4n) is 1.47. The van der Waals surface area contributed by atoms with Gasteiger partial charge in [-0.1, -0.05) is 0 Å². The van der Waals surface area contributed by atoms with Crippen molar-refractivity contribution in [3.8, 4) is 11.8 Å². The molecule has 0 bridgehead atoms. The molecule has 0 aromatic heterocycles. The van der Waals surface area contributed by atoms with Gasteiger partial charge >= 0.3 is 5.97 Å². The minimum atomic E-state index is -0.582. The van der Waals surface area contributed by atoms with Gasteiger partial charge in [-0.15, -0.1) is 0 Å². The highest BCUT2D eigenvalue weighted by Crippen LogP contribution is 2.25.